The predicted octanol–water partition coefficient (Wildman–Crippen LogP) is 1.92. The first-order valence-corrected chi connectivity index (χ1v) is 9.04. The van der Waals surface area contributed by atoms with Gasteiger partial charge in [0.15, 0.2) is 12.2 Å². The minimum atomic E-state index is -0.313. The number of ketones is 1. The van der Waals surface area contributed by atoms with Crippen LogP contribution in [0.3, 0.4) is 0 Å². The van der Waals surface area contributed by atoms with Gasteiger partial charge in [0.25, 0.3) is 0 Å². The average molecular weight is 360 g/mol. The first-order chi connectivity index (χ1) is 12.6. The molecule has 1 aromatic rings. The molecule has 0 saturated carbocycles. The van der Waals surface area contributed by atoms with E-state index >= 15 is 0 Å². The lowest BCUT2D eigenvalue weighted by molar-refractivity contribution is -0.120. The Bertz CT molecular complexity index is 692. The smallest absolute Gasteiger partial charge is 0.170 e. The molecule has 6 nitrogen and oxygen atoms in total. The molecule has 0 bridgehead atoms. The first kappa shape index (κ1) is 18.4. The van der Waals surface area contributed by atoms with Gasteiger partial charge in [0, 0.05) is 24.2 Å². The van der Waals surface area contributed by atoms with Crippen LogP contribution >= 0.6 is 0 Å². The summed E-state index contributed by atoms with van der Waals surface area (Å²) in [6.45, 7) is 0.375. The van der Waals surface area contributed by atoms with E-state index in [2.05, 4.69) is 15.6 Å². The number of carbonyl (C=O) groups is 1. The fourth-order valence-electron chi connectivity index (χ4n) is 3.15. The number of Topliss-reactive ketones (excluding diaryl/α,β-unsaturated/α-hetero) is 1. The molecular weight excluding hydrogens is 335 g/mol. The third-order valence-electron chi connectivity index (χ3n) is 4.71. The zero-order valence-corrected chi connectivity index (χ0v) is 14.7. The van der Waals surface area contributed by atoms with Crippen LogP contribution in [0.5, 0.6) is 0 Å². The van der Waals surface area contributed by atoms with Gasteiger partial charge in [-0.2, -0.15) is 0 Å². The summed E-state index contributed by atoms with van der Waals surface area (Å²) >= 11 is 0. The van der Waals surface area contributed by atoms with E-state index in [4.69, 9.17) is 10.5 Å². The lowest BCUT2D eigenvalue weighted by Crippen LogP contribution is -2.48. The van der Waals surface area contributed by atoms with Crippen LogP contribution in [0.1, 0.15) is 37.7 Å². The number of benzene rings is 1. The van der Waals surface area contributed by atoms with Gasteiger partial charge in [0.2, 0.25) is 0 Å². The van der Waals surface area contributed by atoms with Gasteiger partial charge in [0.1, 0.15) is 24.6 Å². The Kier molecular flexibility index (Phi) is 6.22. The largest absolute Gasteiger partial charge is 0.481 e. The van der Waals surface area contributed by atoms with Crippen molar-refractivity contribution in [1.82, 2.24) is 10.6 Å². The number of unbranched alkanes of at least 4 members (excludes halogenated alkanes) is 2. The molecule has 0 aliphatic carbocycles. The second-order valence-electron chi connectivity index (χ2n) is 6.66. The Labute approximate surface area is 152 Å². The second-order valence-corrected chi connectivity index (χ2v) is 6.66. The van der Waals surface area contributed by atoms with Crippen LogP contribution in [-0.4, -0.2) is 37.0 Å². The van der Waals surface area contributed by atoms with Crippen LogP contribution in [0, 0.1) is 5.82 Å². The molecule has 0 fully saturated rings. The third kappa shape index (κ3) is 4.60. The zero-order chi connectivity index (χ0) is 18.4. The molecule has 0 aromatic heterocycles. The number of carbonyl (C=O) groups excluding carboxylic acids is 1. The van der Waals surface area contributed by atoms with Gasteiger partial charge >= 0.3 is 0 Å². The molecule has 26 heavy (non-hydrogen) atoms. The maximum Gasteiger partial charge on any atom is 0.170 e. The van der Waals surface area contributed by atoms with E-state index in [0.717, 1.165) is 25.7 Å². The molecule has 0 amide bonds. The van der Waals surface area contributed by atoms with E-state index in [1.807, 2.05) is 0 Å². The van der Waals surface area contributed by atoms with Crippen molar-refractivity contribution < 1.29 is 13.9 Å². The lowest BCUT2D eigenvalue weighted by Gasteiger charge is -2.21. The summed E-state index contributed by atoms with van der Waals surface area (Å²) in [5, 5.41) is 6.42. The maximum absolute atomic E-state index is 13.9. The molecule has 2 aliphatic rings. The Morgan fingerprint density at radius 2 is 2.19 bits per heavy atom. The normalized spacial score (nSPS) is 22.3. The van der Waals surface area contributed by atoms with Crippen molar-refractivity contribution in [2.45, 2.75) is 50.4 Å². The van der Waals surface area contributed by atoms with Crippen LogP contribution < -0.4 is 16.4 Å². The highest BCUT2D eigenvalue weighted by Crippen LogP contribution is 2.19. The highest BCUT2D eigenvalue weighted by atomic mass is 19.1. The van der Waals surface area contributed by atoms with E-state index in [9.17, 15) is 9.18 Å². The number of aliphatic imine (C=N–C) groups is 1. The summed E-state index contributed by atoms with van der Waals surface area (Å²) in [6.07, 6.45) is 7.07. The molecule has 140 valence electrons. The average Bonchev–Trinajstić information content (AvgIpc) is 3.33. The van der Waals surface area contributed by atoms with Crippen molar-refractivity contribution in [3.05, 3.63) is 41.8 Å². The summed E-state index contributed by atoms with van der Waals surface area (Å²) in [5.74, 6) is -0.121. The Morgan fingerprint density at radius 1 is 1.35 bits per heavy atom. The molecule has 4 N–H and O–H groups in total. The van der Waals surface area contributed by atoms with E-state index in [1.54, 1.807) is 24.4 Å². The Hall–Kier alpha value is -2.41. The first-order valence-electron chi connectivity index (χ1n) is 9.04. The van der Waals surface area contributed by atoms with E-state index in [-0.39, 0.29) is 29.8 Å². The molecule has 0 radical (unpaired) electrons. The number of hydrogen-bond acceptors (Lipinski definition) is 6. The predicted molar refractivity (Wildman–Crippen MR) is 98.7 cm³/mol. The van der Waals surface area contributed by atoms with Gasteiger partial charge in [-0.25, -0.2) is 9.38 Å². The topological polar surface area (TPSA) is 88.7 Å². The number of nitrogens with zero attached hydrogens (tertiary/aromatic N) is 1. The minimum absolute atomic E-state index is 0.0981. The van der Waals surface area contributed by atoms with Crippen LogP contribution in [-0.2, 0) is 9.53 Å². The van der Waals surface area contributed by atoms with E-state index < -0.39 is 0 Å². The van der Waals surface area contributed by atoms with Crippen LogP contribution in [0.25, 0.3) is 5.70 Å². The number of nitrogens with two attached hydrogens (primary N) is 1. The molecule has 2 unspecified atom stereocenters. The number of ether oxygens (including phenoxy) is 1. The van der Waals surface area contributed by atoms with Crippen molar-refractivity contribution >= 4 is 17.9 Å². The minimum Gasteiger partial charge on any atom is -0.481 e. The Balaban J connectivity index is 1.33. The van der Waals surface area contributed by atoms with Gasteiger partial charge < -0.3 is 21.1 Å². The van der Waals surface area contributed by atoms with Crippen molar-refractivity contribution in [1.29, 1.82) is 0 Å². The van der Waals surface area contributed by atoms with Crippen LogP contribution in [0.2, 0.25) is 0 Å². The van der Waals surface area contributed by atoms with Crippen LogP contribution in [0.4, 0.5) is 4.39 Å². The fraction of sp³-hybridized carbons (Fsp3) is 0.474. The van der Waals surface area contributed by atoms with Crippen molar-refractivity contribution in [2.24, 2.45) is 10.7 Å². The van der Waals surface area contributed by atoms with Gasteiger partial charge in [-0.1, -0.05) is 25.0 Å². The summed E-state index contributed by atoms with van der Waals surface area (Å²) in [6, 6.07) is 6.24. The number of halogens is 1. The fourth-order valence-corrected chi connectivity index (χ4v) is 3.15. The number of nitrogens with one attached hydrogen (secondary N) is 2. The van der Waals surface area contributed by atoms with Crippen molar-refractivity contribution in [3.8, 4) is 0 Å². The van der Waals surface area contributed by atoms with Gasteiger partial charge in [-0.05, 0) is 25.0 Å². The molecule has 3 rings (SSSR count). The molecular formula is C19H25FN4O2. The van der Waals surface area contributed by atoms with Crippen LogP contribution in [0.15, 0.2) is 35.5 Å². The van der Waals surface area contributed by atoms with Crippen molar-refractivity contribution in [2.75, 3.05) is 6.61 Å². The summed E-state index contributed by atoms with van der Waals surface area (Å²) in [5.41, 5.74) is 7.49. The zero-order valence-electron chi connectivity index (χ0n) is 14.7. The molecule has 2 heterocycles. The van der Waals surface area contributed by atoms with E-state index in [1.165, 1.54) is 12.5 Å². The quantitative estimate of drug-likeness (QED) is 0.586. The molecule has 1 aromatic carbocycles. The highest BCUT2D eigenvalue weighted by Gasteiger charge is 2.24. The lowest BCUT2D eigenvalue weighted by atomic mass is 10.0. The summed E-state index contributed by atoms with van der Waals surface area (Å²) in [4.78, 5) is 15.9. The van der Waals surface area contributed by atoms with Gasteiger partial charge in [-0.15, -0.1) is 0 Å². The summed E-state index contributed by atoms with van der Waals surface area (Å²) < 4.78 is 18.8. The van der Waals surface area contributed by atoms with E-state index in [0.29, 0.717) is 24.3 Å². The van der Waals surface area contributed by atoms with Crippen molar-refractivity contribution in [3.63, 3.8) is 0 Å². The number of hydrogen-bond donors (Lipinski definition) is 3. The third-order valence-corrected chi connectivity index (χ3v) is 4.71. The maximum atomic E-state index is 13.9. The monoisotopic (exact) mass is 360 g/mol. The molecule has 3 atom stereocenters. The molecule has 7 heteroatoms. The molecule has 0 spiro atoms. The molecule has 2 aliphatic heterocycles. The Morgan fingerprint density at radius 3 is 2.96 bits per heavy atom. The van der Waals surface area contributed by atoms with Gasteiger partial charge in [0.05, 0.1) is 5.70 Å². The number of rotatable bonds is 9. The summed E-state index contributed by atoms with van der Waals surface area (Å²) in [7, 11) is 0. The highest BCUT2D eigenvalue weighted by molar-refractivity contribution is 5.86. The molecule has 0 saturated heterocycles. The van der Waals surface area contributed by atoms with Gasteiger partial charge in [-0.3, -0.25) is 4.79 Å². The SMILES string of the molecule is N[C@@H](CCCCCC(=O)C1COC=N1)C1NC=C(c2ccccc2F)N1. The second kappa shape index (κ2) is 8.80. The standard InChI is InChI=1S/C19H25FN4O2/c20-14-7-5-4-6-13(14)16-10-22-19(24-16)15(21)8-2-1-3-9-18(25)17-11-26-12-23-17/h4-7,10,12,15,17,19,22,24H,1-3,8-9,11,21H2/t15-,17?,19?/m0/s1.